The summed E-state index contributed by atoms with van der Waals surface area (Å²) in [6, 6.07) is 0.876. The highest BCUT2D eigenvalue weighted by Crippen LogP contribution is 2.29. The van der Waals surface area contributed by atoms with Crippen LogP contribution in [0.1, 0.15) is 37.2 Å². The molecule has 0 unspecified atom stereocenters. The van der Waals surface area contributed by atoms with Crippen molar-refractivity contribution in [2.45, 2.75) is 37.6 Å². The molecule has 6 nitrogen and oxygen atoms in total. The Hall–Kier alpha value is -0.860. The molecule has 0 aliphatic heterocycles. The van der Waals surface area contributed by atoms with Crippen LogP contribution >= 0.6 is 15.9 Å². The lowest BCUT2D eigenvalue weighted by Crippen LogP contribution is -2.36. The molecule has 0 fully saturated rings. The topological polar surface area (TPSA) is 87.8 Å². The highest BCUT2D eigenvalue weighted by molar-refractivity contribution is 9.10. The number of aromatic carboxylic acids is 1. The number of sulfonamides is 1. The number of carboxylic acids is 1. The van der Waals surface area contributed by atoms with E-state index in [1.54, 1.807) is 0 Å². The quantitative estimate of drug-likeness (QED) is 0.848. The van der Waals surface area contributed by atoms with Crippen molar-refractivity contribution in [3.05, 3.63) is 16.5 Å². The molecule has 0 radical (unpaired) electrons. The lowest BCUT2D eigenvalue weighted by molar-refractivity contribution is 0.0661. The van der Waals surface area contributed by atoms with Gasteiger partial charge in [0.15, 0.2) is 4.67 Å². The number of nitrogens with zero attached hydrogens (tertiary/aromatic N) is 1. The number of rotatable bonds is 6. The summed E-state index contributed by atoms with van der Waals surface area (Å²) >= 11 is 2.95. The van der Waals surface area contributed by atoms with Crippen LogP contribution in [0, 0.1) is 0 Å². The van der Waals surface area contributed by atoms with Gasteiger partial charge in [-0.05, 0) is 28.8 Å². The maximum Gasteiger partial charge on any atom is 0.371 e. The molecule has 1 aromatic heterocycles. The molecule has 8 heteroatoms. The standard InChI is InChI=1S/C11H16BrNO5S/c1-4-7(5-2)13(3)19(16,17)9-6-8(11(14)15)18-10(9)12/h6-7H,4-5H2,1-3H3,(H,14,15). The van der Waals surface area contributed by atoms with Gasteiger partial charge in [0.1, 0.15) is 4.90 Å². The van der Waals surface area contributed by atoms with E-state index in [2.05, 4.69) is 15.9 Å². The molecule has 1 aromatic rings. The minimum Gasteiger partial charge on any atom is -0.475 e. The predicted molar refractivity (Wildman–Crippen MR) is 72.7 cm³/mol. The zero-order valence-electron chi connectivity index (χ0n) is 10.9. The number of carbonyl (C=O) groups is 1. The number of hydrogen-bond donors (Lipinski definition) is 1. The average molecular weight is 354 g/mol. The van der Waals surface area contributed by atoms with E-state index in [1.165, 1.54) is 11.4 Å². The Balaban J connectivity index is 3.23. The highest BCUT2D eigenvalue weighted by Gasteiger charge is 2.31. The molecule has 108 valence electrons. The van der Waals surface area contributed by atoms with Gasteiger partial charge in [0.2, 0.25) is 15.8 Å². The Bertz CT molecular complexity index is 562. The predicted octanol–water partition coefficient (Wildman–Crippen LogP) is 2.55. The van der Waals surface area contributed by atoms with E-state index in [-0.39, 0.29) is 15.6 Å². The van der Waals surface area contributed by atoms with Gasteiger partial charge in [-0.15, -0.1) is 0 Å². The zero-order chi connectivity index (χ0) is 14.8. The first-order valence-corrected chi connectivity index (χ1v) is 7.99. The molecule has 0 aromatic carbocycles. The molecule has 0 saturated carbocycles. The molecule has 0 aliphatic carbocycles. The van der Waals surface area contributed by atoms with Crippen LogP contribution in [0.3, 0.4) is 0 Å². The Morgan fingerprint density at radius 1 is 1.47 bits per heavy atom. The molecule has 19 heavy (non-hydrogen) atoms. The van der Waals surface area contributed by atoms with E-state index in [0.717, 1.165) is 6.07 Å². The van der Waals surface area contributed by atoms with Crippen LogP contribution in [-0.2, 0) is 10.0 Å². The van der Waals surface area contributed by atoms with Gasteiger partial charge in [-0.3, -0.25) is 0 Å². The molecule has 1 heterocycles. The van der Waals surface area contributed by atoms with Gasteiger partial charge in [-0.1, -0.05) is 13.8 Å². The van der Waals surface area contributed by atoms with E-state index < -0.39 is 21.8 Å². The second kappa shape index (κ2) is 6.06. The summed E-state index contributed by atoms with van der Waals surface area (Å²) in [4.78, 5) is 10.6. The van der Waals surface area contributed by atoms with E-state index in [9.17, 15) is 13.2 Å². The van der Waals surface area contributed by atoms with Crippen molar-refractivity contribution in [2.75, 3.05) is 7.05 Å². The lowest BCUT2D eigenvalue weighted by Gasteiger charge is -2.24. The summed E-state index contributed by atoms with van der Waals surface area (Å²) in [5.74, 6) is -1.73. The number of hydrogen-bond acceptors (Lipinski definition) is 4. The van der Waals surface area contributed by atoms with E-state index in [1.807, 2.05) is 13.8 Å². The molecule has 1 N–H and O–H groups in total. The van der Waals surface area contributed by atoms with Crippen molar-refractivity contribution in [1.82, 2.24) is 4.31 Å². The van der Waals surface area contributed by atoms with Crippen molar-refractivity contribution < 1.29 is 22.7 Å². The molecule has 0 spiro atoms. The van der Waals surface area contributed by atoms with Crippen molar-refractivity contribution in [2.24, 2.45) is 0 Å². The van der Waals surface area contributed by atoms with Gasteiger partial charge in [0, 0.05) is 19.2 Å². The van der Waals surface area contributed by atoms with Gasteiger partial charge >= 0.3 is 5.97 Å². The third-order valence-electron chi connectivity index (χ3n) is 2.98. The maximum atomic E-state index is 12.4. The highest BCUT2D eigenvalue weighted by atomic mass is 79.9. The summed E-state index contributed by atoms with van der Waals surface area (Å²) in [5, 5.41) is 8.81. The van der Waals surface area contributed by atoms with Crippen LogP contribution in [0.25, 0.3) is 0 Å². The van der Waals surface area contributed by atoms with Gasteiger partial charge in [-0.25, -0.2) is 13.2 Å². The Kier molecular flexibility index (Phi) is 5.17. The normalized spacial score (nSPS) is 12.3. The van der Waals surface area contributed by atoms with E-state index in [4.69, 9.17) is 9.52 Å². The minimum atomic E-state index is -3.78. The van der Waals surface area contributed by atoms with Crippen molar-refractivity contribution in [3.63, 3.8) is 0 Å². The molecule has 1 rings (SSSR count). The first kappa shape index (κ1) is 16.2. The average Bonchev–Trinajstić information content (AvgIpc) is 2.73. The van der Waals surface area contributed by atoms with Gasteiger partial charge in [-0.2, -0.15) is 4.31 Å². The molecule has 0 saturated heterocycles. The number of furan rings is 1. The molecular weight excluding hydrogens is 338 g/mol. The first-order valence-electron chi connectivity index (χ1n) is 5.76. The van der Waals surface area contributed by atoms with Crippen LogP contribution in [0.5, 0.6) is 0 Å². The third-order valence-corrected chi connectivity index (χ3v) is 5.75. The molecule has 0 amide bonds. The fourth-order valence-corrected chi connectivity index (χ4v) is 4.19. The Morgan fingerprint density at radius 2 is 2.00 bits per heavy atom. The van der Waals surface area contributed by atoms with Crippen molar-refractivity contribution >= 4 is 31.9 Å². The van der Waals surface area contributed by atoms with Gasteiger partial charge < -0.3 is 9.52 Å². The fourth-order valence-electron chi connectivity index (χ4n) is 1.79. The SMILES string of the molecule is CCC(CC)N(C)S(=O)(=O)c1cc(C(=O)O)oc1Br. The Labute approximate surface area is 120 Å². The summed E-state index contributed by atoms with van der Waals surface area (Å²) < 4.78 is 30.8. The van der Waals surface area contributed by atoms with Crippen LogP contribution in [0.15, 0.2) is 20.0 Å². The molecule has 0 bridgehead atoms. The smallest absolute Gasteiger partial charge is 0.371 e. The van der Waals surface area contributed by atoms with Crippen LogP contribution in [0.4, 0.5) is 0 Å². The second-order valence-corrected chi connectivity index (χ2v) is 6.73. The number of carboxylic acid groups (broad SMARTS) is 1. The van der Waals surface area contributed by atoms with Crippen molar-refractivity contribution in [1.29, 1.82) is 0 Å². The summed E-state index contributed by atoms with van der Waals surface area (Å²) in [6.07, 6.45) is 1.35. The van der Waals surface area contributed by atoms with Crippen molar-refractivity contribution in [3.8, 4) is 0 Å². The summed E-state index contributed by atoms with van der Waals surface area (Å²) in [5.41, 5.74) is 0. The zero-order valence-corrected chi connectivity index (χ0v) is 13.3. The van der Waals surface area contributed by atoms with Crippen LogP contribution in [-0.4, -0.2) is 36.9 Å². The Morgan fingerprint density at radius 3 is 2.37 bits per heavy atom. The maximum absolute atomic E-state index is 12.4. The van der Waals surface area contributed by atoms with E-state index in [0.29, 0.717) is 12.8 Å². The van der Waals surface area contributed by atoms with Crippen LogP contribution < -0.4 is 0 Å². The molecular formula is C11H16BrNO5S. The first-order chi connectivity index (χ1) is 8.75. The minimum absolute atomic E-state index is 0.0947. The van der Waals surface area contributed by atoms with Gasteiger partial charge in [0.05, 0.1) is 0 Å². The summed E-state index contributed by atoms with van der Waals surface area (Å²) in [6.45, 7) is 3.79. The third kappa shape index (κ3) is 3.18. The monoisotopic (exact) mass is 353 g/mol. The van der Waals surface area contributed by atoms with Gasteiger partial charge in [0.25, 0.3) is 0 Å². The molecule has 0 aliphatic rings. The fraction of sp³-hybridized carbons (Fsp3) is 0.545. The number of halogens is 1. The van der Waals surface area contributed by atoms with E-state index >= 15 is 0 Å². The summed E-state index contributed by atoms with van der Waals surface area (Å²) in [7, 11) is -2.30. The van der Waals surface area contributed by atoms with Crippen LogP contribution in [0.2, 0.25) is 0 Å². The second-order valence-electron chi connectivity index (χ2n) is 4.05. The lowest BCUT2D eigenvalue weighted by atomic mass is 10.2. The molecule has 0 atom stereocenters. The largest absolute Gasteiger partial charge is 0.475 e.